The summed E-state index contributed by atoms with van der Waals surface area (Å²) in [4.78, 5) is 0. The first-order chi connectivity index (χ1) is 7.11. The Kier molecular flexibility index (Phi) is 3.85. The van der Waals surface area contributed by atoms with Crippen molar-refractivity contribution in [3.05, 3.63) is 23.8 Å². The Morgan fingerprint density at radius 2 is 2.13 bits per heavy atom. The van der Waals surface area contributed by atoms with Crippen molar-refractivity contribution in [3.63, 3.8) is 0 Å². The van der Waals surface area contributed by atoms with Crippen molar-refractivity contribution >= 4 is 0 Å². The number of aromatic hydroxyl groups is 1. The summed E-state index contributed by atoms with van der Waals surface area (Å²) in [6.45, 7) is -0.224. The van der Waals surface area contributed by atoms with Crippen LogP contribution in [0, 0.1) is 0 Å². The molecule has 1 atom stereocenters. The van der Waals surface area contributed by atoms with Crippen molar-refractivity contribution in [2.75, 3.05) is 13.7 Å². The molecule has 1 unspecified atom stereocenters. The van der Waals surface area contributed by atoms with Crippen molar-refractivity contribution in [3.8, 4) is 11.5 Å². The average molecular weight is 217 g/mol. The first-order valence-electron chi connectivity index (χ1n) is 4.45. The predicted octanol–water partition coefficient (Wildman–Crippen LogP) is 1.71. The molecule has 3 N–H and O–H groups in total. The summed E-state index contributed by atoms with van der Waals surface area (Å²) in [5.41, 5.74) is 5.35. The average Bonchev–Trinajstić information content (AvgIpc) is 2.21. The first-order valence-corrected chi connectivity index (χ1v) is 4.45. The maximum atomic E-state index is 12.6. The van der Waals surface area contributed by atoms with Gasteiger partial charge in [0.05, 0.1) is 13.0 Å². The minimum atomic E-state index is -2.60. The molecule has 0 aliphatic carbocycles. The van der Waals surface area contributed by atoms with E-state index in [1.165, 1.54) is 19.2 Å². The molecule has 0 fully saturated rings. The quantitative estimate of drug-likeness (QED) is 0.807. The summed E-state index contributed by atoms with van der Waals surface area (Å²) in [5.74, 6) is -1.26. The minimum absolute atomic E-state index is 0.117. The number of phenolic OH excluding ortho intramolecular Hbond substituents is 1. The molecule has 0 heterocycles. The number of benzene rings is 1. The molecule has 0 amide bonds. The Morgan fingerprint density at radius 1 is 1.47 bits per heavy atom. The highest BCUT2D eigenvalue weighted by atomic mass is 19.3. The number of alkyl halides is 2. The standard InChI is InChI=1S/C10H13F2NO2/c1-15-8-4-2-3-6(9(8)14)7(5-13)10(11)12/h2-4,7,10,14H,5,13H2,1H3. The van der Waals surface area contributed by atoms with Gasteiger partial charge in [0.15, 0.2) is 11.5 Å². The van der Waals surface area contributed by atoms with Gasteiger partial charge >= 0.3 is 0 Å². The Labute approximate surface area is 86.5 Å². The number of nitrogens with two attached hydrogens (primary N) is 1. The number of methoxy groups -OCH3 is 1. The lowest BCUT2D eigenvalue weighted by molar-refractivity contribution is 0.115. The molecule has 5 heteroatoms. The van der Waals surface area contributed by atoms with Gasteiger partial charge < -0.3 is 15.6 Å². The smallest absolute Gasteiger partial charge is 0.246 e. The van der Waals surface area contributed by atoms with E-state index < -0.39 is 12.3 Å². The topological polar surface area (TPSA) is 55.5 Å². The van der Waals surface area contributed by atoms with Crippen LogP contribution in [0.25, 0.3) is 0 Å². The molecule has 0 aliphatic rings. The zero-order valence-corrected chi connectivity index (χ0v) is 8.28. The fraction of sp³-hybridized carbons (Fsp3) is 0.400. The van der Waals surface area contributed by atoms with Gasteiger partial charge in [-0.15, -0.1) is 0 Å². The second kappa shape index (κ2) is 4.93. The van der Waals surface area contributed by atoms with Crippen LogP contribution in [0.4, 0.5) is 8.78 Å². The van der Waals surface area contributed by atoms with Gasteiger partial charge in [-0.2, -0.15) is 0 Å². The highest BCUT2D eigenvalue weighted by molar-refractivity contribution is 5.47. The van der Waals surface area contributed by atoms with E-state index in [1.54, 1.807) is 6.07 Å². The van der Waals surface area contributed by atoms with Crippen molar-refractivity contribution in [2.45, 2.75) is 12.3 Å². The third-order valence-corrected chi connectivity index (χ3v) is 2.21. The Morgan fingerprint density at radius 3 is 2.60 bits per heavy atom. The number of ether oxygens (including phenoxy) is 1. The third-order valence-electron chi connectivity index (χ3n) is 2.21. The molecule has 84 valence electrons. The van der Waals surface area contributed by atoms with Crippen LogP contribution in [0.3, 0.4) is 0 Å². The summed E-state index contributed by atoms with van der Waals surface area (Å²) in [6, 6.07) is 4.46. The van der Waals surface area contributed by atoms with Gasteiger partial charge in [-0.05, 0) is 6.07 Å². The van der Waals surface area contributed by atoms with E-state index in [0.29, 0.717) is 0 Å². The molecular weight excluding hydrogens is 204 g/mol. The molecule has 0 saturated heterocycles. The van der Waals surface area contributed by atoms with E-state index in [1.807, 2.05) is 0 Å². The molecule has 1 rings (SSSR count). The van der Waals surface area contributed by atoms with Gasteiger partial charge in [0, 0.05) is 12.1 Å². The first kappa shape index (κ1) is 11.7. The van der Waals surface area contributed by atoms with Crippen LogP contribution < -0.4 is 10.5 Å². The highest BCUT2D eigenvalue weighted by Gasteiger charge is 2.24. The van der Waals surface area contributed by atoms with E-state index in [4.69, 9.17) is 10.5 Å². The highest BCUT2D eigenvalue weighted by Crippen LogP contribution is 2.36. The maximum Gasteiger partial charge on any atom is 0.246 e. The van der Waals surface area contributed by atoms with Gasteiger partial charge in [0.1, 0.15) is 0 Å². The van der Waals surface area contributed by atoms with E-state index in [0.717, 1.165) is 0 Å². The molecule has 3 nitrogen and oxygen atoms in total. The predicted molar refractivity (Wildman–Crippen MR) is 52.5 cm³/mol. The zero-order chi connectivity index (χ0) is 11.4. The van der Waals surface area contributed by atoms with Gasteiger partial charge in [0.25, 0.3) is 0 Å². The van der Waals surface area contributed by atoms with Crippen molar-refractivity contribution < 1.29 is 18.6 Å². The normalized spacial score (nSPS) is 12.9. The van der Waals surface area contributed by atoms with Crippen molar-refractivity contribution in [1.82, 2.24) is 0 Å². The lowest BCUT2D eigenvalue weighted by atomic mass is 9.98. The molecule has 0 bridgehead atoms. The Bertz CT molecular complexity index is 331. The lowest BCUT2D eigenvalue weighted by Crippen LogP contribution is -2.19. The summed E-state index contributed by atoms with van der Waals surface area (Å²) in [5, 5.41) is 9.63. The maximum absolute atomic E-state index is 12.6. The van der Waals surface area contributed by atoms with Crippen LogP contribution in [0.15, 0.2) is 18.2 Å². The van der Waals surface area contributed by atoms with E-state index in [9.17, 15) is 13.9 Å². The Hall–Kier alpha value is -1.36. The molecule has 15 heavy (non-hydrogen) atoms. The molecule has 0 spiro atoms. The molecule has 1 aromatic rings. The van der Waals surface area contributed by atoms with Crippen molar-refractivity contribution in [2.24, 2.45) is 5.73 Å². The van der Waals surface area contributed by atoms with Crippen LogP contribution in [0.2, 0.25) is 0 Å². The van der Waals surface area contributed by atoms with Crippen LogP contribution in [0.1, 0.15) is 11.5 Å². The summed E-state index contributed by atoms with van der Waals surface area (Å²) in [6.07, 6.45) is -2.60. The number of halogens is 2. The molecule has 0 aliphatic heterocycles. The monoisotopic (exact) mass is 217 g/mol. The Balaban J connectivity index is 3.12. The van der Waals surface area contributed by atoms with E-state index in [-0.39, 0.29) is 23.6 Å². The summed E-state index contributed by atoms with van der Waals surface area (Å²) >= 11 is 0. The van der Waals surface area contributed by atoms with Gasteiger partial charge in [-0.1, -0.05) is 12.1 Å². The lowest BCUT2D eigenvalue weighted by Gasteiger charge is -2.16. The zero-order valence-electron chi connectivity index (χ0n) is 8.28. The number of phenols is 1. The van der Waals surface area contributed by atoms with E-state index >= 15 is 0 Å². The number of hydrogen-bond donors (Lipinski definition) is 2. The summed E-state index contributed by atoms with van der Waals surface area (Å²) < 4.78 is 30.0. The number of para-hydroxylation sites is 1. The fourth-order valence-electron chi connectivity index (χ4n) is 1.37. The van der Waals surface area contributed by atoms with E-state index in [2.05, 4.69) is 0 Å². The molecule has 0 aromatic heterocycles. The van der Waals surface area contributed by atoms with Crippen LogP contribution >= 0.6 is 0 Å². The molecule has 0 radical (unpaired) electrons. The second-order valence-corrected chi connectivity index (χ2v) is 3.07. The fourth-order valence-corrected chi connectivity index (χ4v) is 1.37. The summed E-state index contributed by atoms with van der Waals surface area (Å²) in [7, 11) is 1.36. The minimum Gasteiger partial charge on any atom is -0.504 e. The molecular formula is C10H13F2NO2. The van der Waals surface area contributed by atoms with Crippen LogP contribution in [0.5, 0.6) is 11.5 Å². The van der Waals surface area contributed by atoms with Crippen LogP contribution in [-0.2, 0) is 0 Å². The number of hydrogen-bond acceptors (Lipinski definition) is 3. The van der Waals surface area contributed by atoms with Gasteiger partial charge in [-0.25, -0.2) is 8.78 Å². The third kappa shape index (κ3) is 2.36. The van der Waals surface area contributed by atoms with Gasteiger partial charge in [-0.3, -0.25) is 0 Å². The second-order valence-electron chi connectivity index (χ2n) is 3.07. The van der Waals surface area contributed by atoms with Crippen LogP contribution in [-0.4, -0.2) is 25.2 Å². The molecule has 0 saturated carbocycles. The SMILES string of the molecule is COc1cccc(C(CN)C(F)F)c1O. The van der Waals surface area contributed by atoms with Gasteiger partial charge in [0.2, 0.25) is 6.43 Å². The molecule has 1 aromatic carbocycles. The largest absolute Gasteiger partial charge is 0.504 e. The van der Waals surface area contributed by atoms with Crippen molar-refractivity contribution in [1.29, 1.82) is 0 Å². The number of rotatable bonds is 4.